The van der Waals surface area contributed by atoms with Gasteiger partial charge in [0.1, 0.15) is 0 Å². The van der Waals surface area contributed by atoms with Gasteiger partial charge in [0.2, 0.25) is 11.8 Å². The lowest BCUT2D eigenvalue weighted by Crippen LogP contribution is -2.14. The smallest absolute Gasteiger partial charge is 0.237 e. The number of nitrogens with zero attached hydrogens (tertiary/aromatic N) is 3. The first-order valence-electron chi connectivity index (χ1n) is 6.77. The van der Waals surface area contributed by atoms with Gasteiger partial charge in [-0.1, -0.05) is 34.6 Å². The summed E-state index contributed by atoms with van der Waals surface area (Å²) in [6.45, 7) is 1.79. The molecular weight excluding hydrogens is 336 g/mol. The Morgan fingerprint density at radius 3 is 3.04 bits per heavy atom. The molecule has 1 N–H and O–H groups in total. The molecule has 8 heteroatoms. The van der Waals surface area contributed by atoms with E-state index in [2.05, 4.69) is 15.5 Å². The van der Waals surface area contributed by atoms with E-state index in [1.54, 1.807) is 19.2 Å². The van der Waals surface area contributed by atoms with E-state index in [0.29, 0.717) is 21.8 Å². The van der Waals surface area contributed by atoms with Gasteiger partial charge in [-0.15, -0.1) is 0 Å². The van der Waals surface area contributed by atoms with Crippen molar-refractivity contribution in [3.63, 3.8) is 0 Å². The van der Waals surface area contributed by atoms with Gasteiger partial charge >= 0.3 is 0 Å². The second-order valence-electron chi connectivity index (χ2n) is 4.73. The minimum absolute atomic E-state index is 0.188. The highest BCUT2D eigenvalue weighted by atomic mass is 35.5. The lowest BCUT2D eigenvalue weighted by molar-refractivity contribution is -0.113. The van der Waals surface area contributed by atoms with Gasteiger partial charge in [0.15, 0.2) is 5.16 Å². The Kier molecular flexibility index (Phi) is 4.68. The van der Waals surface area contributed by atoms with E-state index in [0.717, 1.165) is 5.69 Å². The number of carbonyl (C=O) groups excluding carboxylic acids is 1. The Labute approximate surface area is 141 Å². The number of imidazole rings is 1. The molecule has 118 valence electrons. The van der Waals surface area contributed by atoms with Crippen LogP contribution in [0.1, 0.15) is 5.69 Å². The average molecular weight is 349 g/mol. The van der Waals surface area contributed by atoms with E-state index in [1.165, 1.54) is 11.8 Å². The van der Waals surface area contributed by atoms with Crippen molar-refractivity contribution in [1.29, 1.82) is 0 Å². The van der Waals surface area contributed by atoms with Gasteiger partial charge in [-0.3, -0.25) is 14.7 Å². The van der Waals surface area contributed by atoms with E-state index in [-0.39, 0.29) is 11.7 Å². The van der Waals surface area contributed by atoms with Crippen LogP contribution < -0.4 is 5.32 Å². The fourth-order valence-electron chi connectivity index (χ4n) is 1.95. The molecule has 0 saturated carbocycles. The second kappa shape index (κ2) is 6.89. The lowest BCUT2D eigenvalue weighted by atomic mass is 10.3. The zero-order chi connectivity index (χ0) is 16.2. The van der Waals surface area contributed by atoms with Crippen LogP contribution in [0.15, 0.2) is 52.4 Å². The summed E-state index contributed by atoms with van der Waals surface area (Å²) in [6.07, 6.45) is 3.51. The summed E-state index contributed by atoms with van der Waals surface area (Å²) < 4.78 is 6.83. The number of hydrogen-bond acceptors (Lipinski definition) is 5. The normalized spacial score (nSPS) is 10.7. The van der Waals surface area contributed by atoms with E-state index < -0.39 is 0 Å². The Morgan fingerprint density at radius 2 is 2.30 bits per heavy atom. The molecule has 1 aromatic carbocycles. The number of aromatic nitrogens is 3. The van der Waals surface area contributed by atoms with E-state index in [4.69, 9.17) is 16.1 Å². The molecule has 0 saturated heterocycles. The number of thioether (sulfide) groups is 1. The number of nitrogens with one attached hydrogen (secondary N) is 1. The van der Waals surface area contributed by atoms with Crippen molar-refractivity contribution in [2.75, 3.05) is 11.1 Å². The van der Waals surface area contributed by atoms with Crippen LogP contribution in [0.25, 0.3) is 5.69 Å². The molecule has 0 bridgehead atoms. The van der Waals surface area contributed by atoms with Crippen LogP contribution in [0.3, 0.4) is 0 Å². The van der Waals surface area contributed by atoms with Crippen molar-refractivity contribution >= 4 is 35.2 Å². The molecule has 6 nitrogen and oxygen atoms in total. The Morgan fingerprint density at radius 1 is 1.43 bits per heavy atom. The van der Waals surface area contributed by atoms with Gasteiger partial charge < -0.3 is 4.52 Å². The number of rotatable bonds is 5. The quantitative estimate of drug-likeness (QED) is 0.714. The van der Waals surface area contributed by atoms with Crippen molar-refractivity contribution in [3.05, 3.63) is 53.4 Å². The third kappa shape index (κ3) is 3.94. The van der Waals surface area contributed by atoms with Gasteiger partial charge in [0, 0.05) is 29.2 Å². The highest BCUT2D eigenvalue weighted by Crippen LogP contribution is 2.22. The third-order valence-corrected chi connectivity index (χ3v) is 4.12. The van der Waals surface area contributed by atoms with E-state index in [1.807, 2.05) is 35.0 Å². The molecule has 23 heavy (non-hydrogen) atoms. The van der Waals surface area contributed by atoms with Gasteiger partial charge in [-0.2, -0.15) is 0 Å². The standard InChI is InChI=1S/C15H13ClN4O2S/c1-10-7-14(22-19-10)18-13(21)9-23-15-17-5-6-20(15)12-4-2-3-11(16)8-12/h2-8H,9H2,1H3,(H,18,21). The summed E-state index contributed by atoms with van der Waals surface area (Å²) in [6, 6.07) is 9.10. The molecule has 1 amide bonds. The molecule has 2 heterocycles. The number of halogens is 1. The number of benzene rings is 1. The largest absolute Gasteiger partial charge is 0.338 e. The monoisotopic (exact) mass is 348 g/mol. The third-order valence-electron chi connectivity index (χ3n) is 2.92. The fourth-order valence-corrected chi connectivity index (χ4v) is 2.90. The second-order valence-corrected chi connectivity index (χ2v) is 6.11. The number of anilines is 1. The fraction of sp³-hybridized carbons (Fsp3) is 0.133. The summed E-state index contributed by atoms with van der Waals surface area (Å²) in [5.74, 6) is 0.357. The van der Waals surface area contributed by atoms with Crippen molar-refractivity contribution in [1.82, 2.24) is 14.7 Å². The molecule has 0 spiro atoms. The first-order valence-corrected chi connectivity index (χ1v) is 8.13. The molecular formula is C15H13ClN4O2S. The molecule has 0 atom stereocenters. The van der Waals surface area contributed by atoms with Gasteiger partial charge in [0.05, 0.1) is 11.4 Å². The average Bonchev–Trinajstić information content (AvgIpc) is 3.14. The van der Waals surface area contributed by atoms with Crippen molar-refractivity contribution in [2.45, 2.75) is 12.1 Å². The lowest BCUT2D eigenvalue weighted by Gasteiger charge is -2.07. The van der Waals surface area contributed by atoms with Gasteiger partial charge in [0.25, 0.3) is 0 Å². The maximum atomic E-state index is 11.9. The number of carbonyl (C=O) groups is 1. The first kappa shape index (κ1) is 15.6. The molecule has 3 aromatic rings. The number of aryl methyl sites for hydroxylation is 1. The maximum absolute atomic E-state index is 11.9. The van der Waals surface area contributed by atoms with Crippen molar-refractivity contribution in [2.24, 2.45) is 0 Å². The predicted molar refractivity (Wildman–Crippen MR) is 89.2 cm³/mol. The SMILES string of the molecule is Cc1cc(NC(=O)CSc2nccn2-c2cccc(Cl)c2)on1. The number of hydrogen-bond donors (Lipinski definition) is 1. The summed E-state index contributed by atoms with van der Waals surface area (Å²) in [4.78, 5) is 16.2. The summed E-state index contributed by atoms with van der Waals surface area (Å²) in [7, 11) is 0. The molecule has 2 aromatic heterocycles. The minimum atomic E-state index is -0.188. The highest BCUT2D eigenvalue weighted by molar-refractivity contribution is 7.99. The van der Waals surface area contributed by atoms with Crippen molar-refractivity contribution in [3.8, 4) is 5.69 Å². The molecule has 0 aliphatic heterocycles. The van der Waals surface area contributed by atoms with Gasteiger partial charge in [-0.05, 0) is 25.1 Å². The van der Waals surface area contributed by atoms with Crippen LogP contribution in [0, 0.1) is 6.92 Å². The van der Waals surface area contributed by atoms with Gasteiger partial charge in [-0.25, -0.2) is 4.98 Å². The van der Waals surface area contributed by atoms with Crippen LogP contribution in [-0.2, 0) is 4.79 Å². The van der Waals surface area contributed by atoms with Crippen LogP contribution in [0.4, 0.5) is 5.88 Å². The molecule has 0 aliphatic carbocycles. The topological polar surface area (TPSA) is 73.0 Å². The zero-order valence-corrected chi connectivity index (χ0v) is 13.8. The zero-order valence-electron chi connectivity index (χ0n) is 12.2. The van der Waals surface area contributed by atoms with Crippen LogP contribution in [-0.4, -0.2) is 26.4 Å². The molecule has 0 fully saturated rings. The number of amides is 1. The van der Waals surface area contributed by atoms with Crippen LogP contribution in [0.5, 0.6) is 0 Å². The Hall–Kier alpha value is -2.25. The minimum Gasteiger partial charge on any atom is -0.338 e. The molecule has 0 aliphatic rings. The molecule has 0 unspecified atom stereocenters. The van der Waals surface area contributed by atoms with E-state index in [9.17, 15) is 4.79 Å². The Balaban J connectivity index is 1.65. The maximum Gasteiger partial charge on any atom is 0.237 e. The summed E-state index contributed by atoms with van der Waals surface area (Å²) >= 11 is 7.34. The predicted octanol–water partition coefficient (Wildman–Crippen LogP) is 3.55. The summed E-state index contributed by atoms with van der Waals surface area (Å²) in [5, 5.41) is 7.71. The van der Waals surface area contributed by atoms with E-state index >= 15 is 0 Å². The highest BCUT2D eigenvalue weighted by Gasteiger charge is 2.11. The van der Waals surface area contributed by atoms with Crippen LogP contribution >= 0.6 is 23.4 Å². The summed E-state index contributed by atoms with van der Waals surface area (Å²) in [5.41, 5.74) is 1.60. The molecule has 0 radical (unpaired) electrons. The molecule has 3 rings (SSSR count). The Bertz CT molecular complexity index is 830. The first-order chi connectivity index (χ1) is 11.1. The van der Waals surface area contributed by atoms with Crippen LogP contribution in [0.2, 0.25) is 5.02 Å². The van der Waals surface area contributed by atoms with Crippen molar-refractivity contribution < 1.29 is 9.32 Å².